The molecule has 0 aromatic heterocycles. The van der Waals surface area contributed by atoms with E-state index in [1.807, 2.05) is 18.2 Å². The average Bonchev–Trinajstić information content (AvgIpc) is 2.47. The molecule has 1 unspecified atom stereocenters. The Morgan fingerprint density at radius 1 is 1.11 bits per heavy atom. The predicted octanol–water partition coefficient (Wildman–Crippen LogP) is 3.61. The Morgan fingerprint density at radius 2 is 1.89 bits per heavy atom. The second-order valence-electron chi connectivity index (χ2n) is 5.14. The summed E-state index contributed by atoms with van der Waals surface area (Å²) >= 11 is 0. The van der Waals surface area contributed by atoms with Gasteiger partial charge in [0.2, 0.25) is 0 Å². The predicted molar refractivity (Wildman–Crippen MR) is 76.8 cm³/mol. The van der Waals surface area contributed by atoms with Crippen molar-refractivity contribution < 1.29 is 0 Å². The lowest BCUT2D eigenvalue weighted by Crippen LogP contribution is -2.11. The smallest absolute Gasteiger partial charge is 0.0991 e. The molecule has 0 spiro atoms. The molecular formula is C17H16N2. The van der Waals surface area contributed by atoms with Gasteiger partial charge in [0.1, 0.15) is 0 Å². The van der Waals surface area contributed by atoms with Gasteiger partial charge in [-0.25, -0.2) is 0 Å². The number of nitrogens with two attached hydrogens (primary N) is 1. The van der Waals surface area contributed by atoms with Gasteiger partial charge in [-0.15, -0.1) is 0 Å². The number of hydrogen-bond acceptors (Lipinski definition) is 2. The minimum absolute atomic E-state index is 0.401. The van der Waals surface area contributed by atoms with Crippen molar-refractivity contribution in [3.8, 4) is 6.07 Å². The summed E-state index contributed by atoms with van der Waals surface area (Å²) in [5.41, 5.74) is 11.3. The monoisotopic (exact) mass is 248 g/mol. The topological polar surface area (TPSA) is 49.8 Å². The van der Waals surface area contributed by atoms with Crippen molar-refractivity contribution in [3.05, 3.63) is 64.7 Å². The third kappa shape index (κ3) is 2.20. The molecule has 0 radical (unpaired) electrons. The summed E-state index contributed by atoms with van der Waals surface area (Å²) in [7, 11) is 0. The zero-order valence-corrected chi connectivity index (χ0v) is 10.8. The minimum atomic E-state index is 0.401. The van der Waals surface area contributed by atoms with Crippen LogP contribution in [0.25, 0.3) is 0 Å². The first-order valence-electron chi connectivity index (χ1n) is 6.66. The standard InChI is InChI=1S/C17H16N2/c18-11-12-4-5-13-2-1-3-16(17(13)10-12)14-6-8-15(19)9-7-14/h4-10,16H,1-3,19H2. The highest BCUT2D eigenvalue weighted by molar-refractivity contribution is 5.47. The van der Waals surface area contributed by atoms with Gasteiger partial charge in [0.05, 0.1) is 11.6 Å². The molecule has 1 aliphatic carbocycles. The molecule has 0 saturated carbocycles. The average molecular weight is 248 g/mol. The first-order chi connectivity index (χ1) is 9.28. The van der Waals surface area contributed by atoms with E-state index >= 15 is 0 Å². The van der Waals surface area contributed by atoms with Crippen molar-refractivity contribution in [2.45, 2.75) is 25.2 Å². The van der Waals surface area contributed by atoms with Gasteiger partial charge in [-0.1, -0.05) is 18.2 Å². The van der Waals surface area contributed by atoms with Crippen LogP contribution in [0.4, 0.5) is 5.69 Å². The van der Waals surface area contributed by atoms with E-state index in [4.69, 9.17) is 11.0 Å². The Morgan fingerprint density at radius 3 is 2.63 bits per heavy atom. The number of benzene rings is 2. The first kappa shape index (κ1) is 11.8. The molecule has 2 nitrogen and oxygen atoms in total. The minimum Gasteiger partial charge on any atom is -0.399 e. The van der Waals surface area contributed by atoms with Crippen LogP contribution >= 0.6 is 0 Å². The van der Waals surface area contributed by atoms with Crippen molar-refractivity contribution in [1.29, 1.82) is 5.26 Å². The van der Waals surface area contributed by atoms with Gasteiger partial charge in [0, 0.05) is 11.6 Å². The lowest BCUT2D eigenvalue weighted by Gasteiger charge is -2.26. The van der Waals surface area contributed by atoms with E-state index in [1.54, 1.807) is 0 Å². The van der Waals surface area contributed by atoms with Crippen LogP contribution in [0.15, 0.2) is 42.5 Å². The van der Waals surface area contributed by atoms with Crippen molar-refractivity contribution >= 4 is 5.69 Å². The maximum absolute atomic E-state index is 9.07. The molecule has 0 aliphatic heterocycles. The summed E-state index contributed by atoms with van der Waals surface area (Å²) in [5.74, 6) is 0.401. The van der Waals surface area contributed by atoms with Gasteiger partial charge in [-0.05, 0) is 60.2 Å². The second-order valence-corrected chi connectivity index (χ2v) is 5.14. The molecule has 2 heteroatoms. The number of rotatable bonds is 1. The van der Waals surface area contributed by atoms with Crippen LogP contribution in [0.2, 0.25) is 0 Å². The Labute approximate surface area is 113 Å². The highest BCUT2D eigenvalue weighted by atomic mass is 14.5. The van der Waals surface area contributed by atoms with E-state index in [2.05, 4.69) is 30.3 Å². The molecule has 2 N–H and O–H groups in total. The summed E-state index contributed by atoms with van der Waals surface area (Å²) < 4.78 is 0. The maximum Gasteiger partial charge on any atom is 0.0991 e. The molecule has 19 heavy (non-hydrogen) atoms. The van der Waals surface area contributed by atoms with Crippen LogP contribution in [-0.4, -0.2) is 0 Å². The lowest BCUT2D eigenvalue weighted by molar-refractivity contribution is 0.616. The van der Waals surface area contributed by atoms with Crippen LogP contribution in [-0.2, 0) is 6.42 Å². The van der Waals surface area contributed by atoms with Crippen molar-refractivity contribution in [2.24, 2.45) is 0 Å². The largest absolute Gasteiger partial charge is 0.399 e. The molecular weight excluding hydrogens is 232 g/mol. The first-order valence-corrected chi connectivity index (χ1v) is 6.66. The summed E-state index contributed by atoms with van der Waals surface area (Å²) in [5, 5.41) is 9.07. The summed E-state index contributed by atoms with van der Waals surface area (Å²) in [6.45, 7) is 0. The Bertz CT molecular complexity index is 635. The molecule has 0 bridgehead atoms. The molecule has 0 fully saturated rings. The fourth-order valence-electron chi connectivity index (χ4n) is 2.94. The lowest BCUT2D eigenvalue weighted by atomic mass is 9.78. The van der Waals surface area contributed by atoms with Crippen molar-refractivity contribution in [2.75, 3.05) is 5.73 Å². The quantitative estimate of drug-likeness (QED) is 0.784. The van der Waals surface area contributed by atoms with Crippen LogP contribution in [0, 0.1) is 11.3 Å². The molecule has 1 atom stereocenters. The van der Waals surface area contributed by atoms with Crippen molar-refractivity contribution in [1.82, 2.24) is 0 Å². The molecule has 2 aromatic rings. The fourth-order valence-corrected chi connectivity index (χ4v) is 2.94. The molecule has 3 rings (SSSR count). The third-order valence-corrected chi connectivity index (χ3v) is 3.93. The van der Waals surface area contributed by atoms with E-state index in [0.717, 1.165) is 24.1 Å². The molecule has 1 aliphatic rings. The van der Waals surface area contributed by atoms with Gasteiger partial charge >= 0.3 is 0 Å². The van der Waals surface area contributed by atoms with Gasteiger partial charge in [0.25, 0.3) is 0 Å². The summed E-state index contributed by atoms with van der Waals surface area (Å²) in [6.07, 6.45) is 3.46. The van der Waals surface area contributed by atoms with Crippen LogP contribution in [0.3, 0.4) is 0 Å². The van der Waals surface area contributed by atoms with Gasteiger partial charge in [-0.3, -0.25) is 0 Å². The molecule has 0 heterocycles. The highest BCUT2D eigenvalue weighted by Crippen LogP contribution is 2.37. The van der Waals surface area contributed by atoms with E-state index in [0.29, 0.717) is 5.92 Å². The fraction of sp³-hybridized carbons (Fsp3) is 0.235. The normalized spacial score (nSPS) is 17.5. The van der Waals surface area contributed by atoms with E-state index < -0.39 is 0 Å². The number of nitrogens with zero attached hydrogens (tertiary/aromatic N) is 1. The second kappa shape index (κ2) is 4.78. The van der Waals surface area contributed by atoms with Gasteiger partial charge < -0.3 is 5.73 Å². The molecule has 2 aromatic carbocycles. The van der Waals surface area contributed by atoms with Crippen LogP contribution in [0.5, 0.6) is 0 Å². The number of nitrogen functional groups attached to an aromatic ring is 1. The highest BCUT2D eigenvalue weighted by Gasteiger charge is 2.21. The van der Waals surface area contributed by atoms with Crippen LogP contribution in [0.1, 0.15) is 41.0 Å². The zero-order valence-electron chi connectivity index (χ0n) is 10.8. The summed E-state index contributed by atoms with van der Waals surface area (Å²) in [4.78, 5) is 0. The maximum atomic E-state index is 9.07. The van der Waals surface area contributed by atoms with Gasteiger partial charge in [-0.2, -0.15) is 5.26 Å². The number of hydrogen-bond donors (Lipinski definition) is 1. The third-order valence-electron chi connectivity index (χ3n) is 3.93. The molecule has 0 saturated heterocycles. The number of aryl methyl sites for hydroxylation is 1. The van der Waals surface area contributed by atoms with Gasteiger partial charge in [0.15, 0.2) is 0 Å². The summed E-state index contributed by atoms with van der Waals surface area (Å²) in [6, 6.07) is 16.4. The van der Waals surface area contributed by atoms with E-state index in [9.17, 15) is 0 Å². The number of fused-ring (bicyclic) bond motifs is 1. The Hall–Kier alpha value is -2.27. The molecule has 94 valence electrons. The Balaban J connectivity index is 2.06. The SMILES string of the molecule is N#Cc1ccc2c(c1)C(c1ccc(N)cc1)CCC2. The number of nitriles is 1. The van der Waals surface area contributed by atoms with Crippen LogP contribution < -0.4 is 5.73 Å². The zero-order chi connectivity index (χ0) is 13.2. The van der Waals surface area contributed by atoms with E-state index in [1.165, 1.54) is 23.1 Å². The molecule has 0 amide bonds. The Kier molecular flexibility index (Phi) is 2.97. The van der Waals surface area contributed by atoms with E-state index in [-0.39, 0.29) is 0 Å². The van der Waals surface area contributed by atoms with Crippen molar-refractivity contribution in [3.63, 3.8) is 0 Å². The number of anilines is 1.